The van der Waals surface area contributed by atoms with E-state index in [1.54, 1.807) is 30.3 Å². The Kier molecular flexibility index (Phi) is 4.87. The first-order chi connectivity index (χ1) is 11.9. The number of carbonyl (C=O) groups is 1. The van der Waals surface area contributed by atoms with Gasteiger partial charge >= 0.3 is 0 Å². The Balaban J connectivity index is 1.91. The maximum Gasteiger partial charge on any atom is 0.243 e. The molecular weight excluding hydrogens is 343 g/mol. The third-order valence-electron chi connectivity index (χ3n) is 4.25. The van der Waals surface area contributed by atoms with Crippen molar-refractivity contribution in [3.05, 3.63) is 59.9 Å². The molecule has 7 heteroatoms. The molecule has 1 fully saturated rings. The van der Waals surface area contributed by atoms with Crippen LogP contribution in [0.2, 0.25) is 0 Å². The minimum absolute atomic E-state index is 0.129. The average molecular weight is 362 g/mol. The fourth-order valence-corrected chi connectivity index (χ4v) is 4.81. The number of hydrogen-bond donors (Lipinski definition) is 1. The monoisotopic (exact) mass is 362 g/mol. The largest absolute Gasteiger partial charge is 0.326 e. The minimum Gasteiger partial charge on any atom is -0.326 e. The fourth-order valence-electron chi connectivity index (χ4n) is 3.13. The molecule has 1 aliphatic rings. The molecule has 2 aromatic carbocycles. The van der Waals surface area contributed by atoms with Crippen LogP contribution < -0.4 is 5.32 Å². The van der Waals surface area contributed by atoms with Crippen molar-refractivity contribution < 1.29 is 17.6 Å². The zero-order valence-corrected chi connectivity index (χ0v) is 14.6. The molecule has 25 heavy (non-hydrogen) atoms. The van der Waals surface area contributed by atoms with Gasteiger partial charge in [0.2, 0.25) is 15.9 Å². The highest BCUT2D eigenvalue weighted by Crippen LogP contribution is 2.37. The number of rotatable bonds is 4. The highest BCUT2D eigenvalue weighted by molar-refractivity contribution is 7.89. The Labute approximate surface area is 146 Å². The van der Waals surface area contributed by atoms with E-state index in [9.17, 15) is 17.6 Å². The predicted molar refractivity (Wildman–Crippen MR) is 93.0 cm³/mol. The predicted octanol–water partition coefficient (Wildman–Crippen LogP) is 3.31. The van der Waals surface area contributed by atoms with Crippen LogP contribution in [0, 0.1) is 5.82 Å². The lowest BCUT2D eigenvalue weighted by Gasteiger charge is -2.25. The van der Waals surface area contributed by atoms with E-state index in [0.717, 1.165) is 0 Å². The molecule has 2 aromatic rings. The van der Waals surface area contributed by atoms with Gasteiger partial charge in [-0.3, -0.25) is 4.79 Å². The number of nitrogens with one attached hydrogen (secondary N) is 1. The second kappa shape index (κ2) is 6.93. The van der Waals surface area contributed by atoms with E-state index in [2.05, 4.69) is 5.32 Å². The van der Waals surface area contributed by atoms with Gasteiger partial charge in [0.25, 0.3) is 0 Å². The van der Waals surface area contributed by atoms with Crippen LogP contribution in [0.4, 0.5) is 10.1 Å². The van der Waals surface area contributed by atoms with E-state index in [4.69, 9.17) is 0 Å². The van der Waals surface area contributed by atoms with Gasteiger partial charge in [-0.15, -0.1) is 0 Å². The number of anilines is 1. The molecule has 1 saturated heterocycles. The molecule has 0 spiro atoms. The SMILES string of the molecule is CC(=O)Nc1ccc(S(=O)(=O)N2CCC[C@@H]2c2ccccc2F)cc1. The maximum atomic E-state index is 14.1. The third-order valence-corrected chi connectivity index (χ3v) is 6.17. The Bertz CT molecular complexity index is 881. The topological polar surface area (TPSA) is 66.5 Å². The molecule has 0 aliphatic carbocycles. The third kappa shape index (κ3) is 3.57. The van der Waals surface area contributed by atoms with Crippen LogP contribution in [0.15, 0.2) is 53.4 Å². The summed E-state index contributed by atoms with van der Waals surface area (Å²) in [4.78, 5) is 11.2. The van der Waals surface area contributed by atoms with E-state index >= 15 is 0 Å². The van der Waals surface area contributed by atoms with E-state index in [1.807, 2.05) is 0 Å². The lowest BCUT2D eigenvalue weighted by atomic mass is 10.1. The number of halogens is 1. The van der Waals surface area contributed by atoms with Gasteiger partial charge in [0.15, 0.2) is 0 Å². The van der Waals surface area contributed by atoms with Crippen molar-refractivity contribution in [3.8, 4) is 0 Å². The summed E-state index contributed by atoms with van der Waals surface area (Å²) in [5.74, 6) is -0.620. The summed E-state index contributed by atoms with van der Waals surface area (Å²) in [5.41, 5.74) is 0.928. The summed E-state index contributed by atoms with van der Waals surface area (Å²) in [5, 5.41) is 2.60. The zero-order chi connectivity index (χ0) is 18.0. The molecule has 1 heterocycles. The van der Waals surface area contributed by atoms with Crippen molar-refractivity contribution in [2.45, 2.75) is 30.7 Å². The Morgan fingerprint density at radius 1 is 1.16 bits per heavy atom. The Morgan fingerprint density at radius 2 is 1.84 bits per heavy atom. The van der Waals surface area contributed by atoms with E-state index in [1.165, 1.54) is 29.4 Å². The number of benzene rings is 2. The molecule has 0 bridgehead atoms. The smallest absolute Gasteiger partial charge is 0.243 e. The van der Waals surface area contributed by atoms with E-state index < -0.39 is 21.9 Å². The molecular formula is C18H19FN2O3S. The van der Waals surface area contributed by atoms with Crippen LogP contribution in [0.3, 0.4) is 0 Å². The lowest BCUT2D eigenvalue weighted by Crippen LogP contribution is -2.31. The van der Waals surface area contributed by atoms with Crippen molar-refractivity contribution in [1.29, 1.82) is 0 Å². The number of carbonyl (C=O) groups excluding carboxylic acids is 1. The number of sulfonamides is 1. The molecule has 132 valence electrons. The standard InChI is InChI=1S/C18H19FN2O3S/c1-13(22)20-14-8-10-15(11-9-14)25(23,24)21-12-4-7-18(21)16-5-2-3-6-17(16)19/h2-3,5-6,8-11,18H,4,7,12H2,1H3,(H,20,22)/t18-/m1/s1. The van der Waals surface area contributed by atoms with Crippen molar-refractivity contribution in [2.24, 2.45) is 0 Å². The molecule has 1 amide bonds. The zero-order valence-electron chi connectivity index (χ0n) is 13.8. The average Bonchev–Trinajstić information content (AvgIpc) is 3.05. The van der Waals surface area contributed by atoms with Crippen LogP contribution in [0.25, 0.3) is 0 Å². The van der Waals surface area contributed by atoms with Gasteiger partial charge in [0.05, 0.1) is 10.9 Å². The summed E-state index contributed by atoms with van der Waals surface area (Å²) < 4.78 is 41.4. The molecule has 1 aliphatic heterocycles. The molecule has 3 rings (SSSR count). The van der Waals surface area contributed by atoms with Gasteiger partial charge in [0.1, 0.15) is 5.82 Å². The normalized spacial score (nSPS) is 18.2. The molecule has 0 saturated carbocycles. The first-order valence-corrected chi connectivity index (χ1v) is 9.47. The fraction of sp³-hybridized carbons (Fsp3) is 0.278. The van der Waals surface area contributed by atoms with E-state index in [0.29, 0.717) is 30.6 Å². The van der Waals surface area contributed by atoms with Gasteiger partial charge in [0, 0.05) is 24.7 Å². The van der Waals surface area contributed by atoms with Crippen molar-refractivity contribution >= 4 is 21.6 Å². The van der Waals surface area contributed by atoms with Crippen LogP contribution in [-0.4, -0.2) is 25.2 Å². The second-order valence-electron chi connectivity index (χ2n) is 6.00. The maximum absolute atomic E-state index is 14.1. The van der Waals surface area contributed by atoms with E-state index in [-0.39, 0.29) is 10.8 Å². The first-order valence-electron chi connectivity index (χ1n) is 8.03. The van der Waals surface area contributed by atoms with Crippen molar-refractivity contribution in [1.82, 2.24) is 4.31 Å². The number of nitrogens with zero attached hydrogens (tertiary/aromatic N) is 1. The molecule has 0 aromatic heterocycles. The quantitative estimate of drug-likeness (QED) is 0.907. The Hall–Kier alpha value is -2.25. The molecule has 0 radical (unpaired) electrons. The number of amides is 1. The van der Waals surface area contributed by atoms with Gasteiger partial charge in [-0.05, 0) is 43.2 Å². The summed E-state index contributed by atoms with van der Waals surface area (Å²) >= 11 is 0. The Morgan fingerprint density at radius 3 is 2.48 bits per heavy atom. The highest BCUT2D eigenvalue weighted by atomic mass is 32.2. The van der Waals surface area contributed by atoms with Crippen molar-refractivity contribution in [2.75, 3.05) is 11.9 Å². The van der Waals surface area contributed by atoms with Gasteiger partial charge in [-0.25, -0.2) is 12.8 Å². The summed E-state index contributed by atoms with van der Waals surface area (Å²) in [6.07, 6.45) is 1.27. The van der Waals surface area contributed by atoms with Crippen LogP contribution in [0.5, 0.6) is 0 Å². The van der Waals surface area contributed by atoms with Crippen LogP contribution in [-0.2, 0) is 14.8 Å². The van der Waals surface area contributed by atoms with Gasteiger partial charge in [-0.1, -0.05) is 18.2 Å². The highest BCUT2D eigenvalue weighted by Gasteiger charge is 2.37. The number of hydrogen-bond acceptors (Lipinski definition) is 3. The second-order valence-corrected chi connectivity index (χ2v) is 7.89. The minimum atomic E-state index is -3.74. The molecule has 1 atom stereocenters. The first kappa shape index (κ1) is 17.6. The lowest BCUT2D eigenvalue weighted by molar-refractivity contribution is -0.114. The summed E-state index contributed by atoms with van der Waals surface area (Å²) in [6, 6.07) is 11.8. The van der Waals surface area contributed by atoms with Gasteiger partial charge < -0.3 is 5.32 Å². The van der Waals surface area contributed by atoms with Crippen molar-refractivity contribution in [3.63, 3.8) is 0 Å². The summed E-state index contributed by atoms with van der Waals surface area (Å²) in [7, 11) is -3.74. The summed E-state index contributed by atoms with van der Waals surface area (Å²) in [6.45, 7) is 1.74. The van der Waals surface area contributed by atoms with Gasteiger partial charge in [-0.2, -0.15) is 4.31 Å². The molecule has 1 N–H and O–H groups in total. The van der Waals surface area contributed by atoms with Crippen LogP contribution >= 0.6 is 0 Å². The molecule has 5 nitrogen and oxygen atoms in total. The molecule has 0 unspecified atom stereocenters. The van der Waals surface area contributed by atoms with Crippen LogP contribution in [0.1, 0.15) is 31.4 Å².